The summed E-state index contributed by atoms with van der Waals surface area (Å²) < 4.78 is 5.52. The summed E-state index contributed by atoms with van der Waals surface area (Å²) in [6, 6.07) is 8.97. The molecule has 2 nitrogen and oxygen atoms in total. The van der Waals surface area contributed by atoms with Gasteiger partial charge in [-0.05, 0) is 44.3 Å². The van der Waals surface area contributed by atoms with E-state index in [4.69, 9.17) is 4.74 Å². The summed E-state index contributed by atoms with van der Waals surface area (Å²) in [5.74, 6) is 0.833. The van der Waals surface area contributed by atoms with Crippen LogP contribution in [0.3, 0.4) is 0 Å². The smallest absolute Gasteiger partial charge is 0.0585 e. The Bertz CT molecular complexity index is 392. The van der Waals surface area contributed by atoms with Gasteiger partial charge in [0.15, 0.2) is 0 Å². The molecule has 17 heavy (non-hydrogen) atoms. The molecule has 3 rings (SSSR count). The van der Waals surface area contributed by atoms with Crippen LogP contribution in [0.15, 0.2) is 24.3 Å². The Labute approximate surface area is 103 Å². The molecule has 2 aliphatic heterocycles. The van der Waals surface area contributed by atoms with Crippen LogP contribution in [0.25, 0.3) is 0 Å². The summed E-state index contributed by atoms with van der Waals surface area (Å²) in [5, 5.41) is 3.47. The summed E-state index contributed by atoms with van der Waals surface area (Å²) in [6.07, 6.45) is 2.61. The third-order valence-electron chi connectivity index (χ3n) is 4.23. The van der Waals surface area contributed by atoms with E-state index >= 15 is 0 Å². The van der Waals surface area contributed by atoms with Gasteiger partial charge < -0.3 is 10.1 Å². The quantitative estimate of drug-likeness (QED) is 0.861. The molecule has 0 aromatic heterocycles. The Morgan fingerprint density at radius 2 is 2.29 bits per heavy atom. The number of hydrogen-bond donors (Lipinski definition) is 1. The third-order valence-corrected chi connectivity index (χ3v) is 4.23. The maximum absolute atomic E-state index is 5.52. The minimum atomic E-state index is 0.308. The minimum Gasteiger partial charge on any atom is -0.379 e. The fraction of sp³-hybridized carbons (Fsp3) is 0.600. The van der Waals surface area contributed by atoms with Crippen molar-refractivity contribution in [3.63, 3.8) is 0 Å². The Morgan fingerprint density at radius 3 is 2.88 bits per heavy atom. The van der Waals surface area contributed by atoms with Crippen LogP contribution in [-0.2, 0) is 10.2 Å². The SMILES string of the molecule is Cc1cccc(C2(CC3CCNC3)COC2)c1. The van der Waals surface area contributed by atoms with Gasteiger partial charge in [0.2, 0.25) is 0 Å². The van der Waals surface area contributed by atoms with Crippen LogP contribution >= 0.6 is 0 Å². The highest BCUT2D eigenvalue weighted by atomic mass is 16.5. The van der Waals surface area contributed by atoms with Gasteiger partial charge in [0.25, 0.3) is 0 Å². The van der Waals surface area contributed by atoms with Crippen LogP contribution in [0, 0.1) is 12.8 Å². The van der Waals surface area contributed by atoms with Crippen molar-refractivity contribution in [2.45, 2.75) is 25.2 Å². The maximum Gasteiger partial charge on any atom is 0.0585 e. The van der Waals surface area contributed by atoms with Crippen LogP contribution in [0.4, 0.5) is 0 Å². The summed E-state index contributed by atoms with van der Waals surface area (Å²) in [6.45, 7) is 6.37. The molecular formula is C15H21NO. The summed E-state index contributed by atoms with van der Waals surface area (Å²) in [4.78, 5) is 0. The van der Waals surface area contributed by atoms with E-state index in [9.17, 15) is 0 Å². The third kappa shape index (κ3) is 2.12. The second-order valence-electron chi connectivity index (χ2n) is 5.71. The zero-order chi connectivity index (χ0) is 11.7. The summed E-state index contributed by atoms with van der Waals surface area (Å²) >= 11 is 0. The molecule has 0 radical (unpaired) electrons. The molecule has 2 heterocycles. The van der Waals surface area contributed by atoms with Gasteiger partial charge in [-0.3, -0.25) is 0 Å². The molecule has 0 saturated carbocycles. The highest BCUT2D eigenvalue weighted by molar-refractivity contribution is 5.32. The van der Waals surface area contributed by atoms with Gasteiger partial charge in [0.05, 0.1) is 13.2 Å². The number of ether oxygens (including phenoxy) is 1. The molecule has 92 valence electrons. The molecule has 1 unspecified atom stereocenters. The highest BCUT2D eigenvalue weighted by Crippen LogP contribution is 2.39. The lowest BCUT2D eigenvalue weighted by Crippen LogP contribution is -2.48. The first-order valence-electron chi connectivity index (χ1n) is 6.64. The lowest BCUT2D eigenvalue weighted by molar-refractivity contribution is -0.0706. The van der Waals surface area contributed by atoms with Crippen molar-refractivity contribution in [3.8, 4) is 0 Å². The van der Waals surface area contributed by atoms with Gasteiger partial charge in [-0.25, -0.2) is 0 Å². The average Bonchev–Trinajstić information content (AvgIpc) is 2.76. The van der Waals surface area contributed by atoms with Gasteiger partial charge in [-0.15, -0.1) is 0 Å². The van der Waals surface area contributed by atoms with Crippen molar-refractivity contribution >= 4 is 0 Å². The standard InChI is InChI=1S/C15H21NO/c1-12-3-2-4-14(7-12)15(10-17-11-15)8-13-5-6-16-9-13/h2-4,7,13,16H,5-6,8-11H2,1H3. The topological polar surface area (TPSA) is 21.3 Å². The van der Waals surface area contributed by atoms with E-state index in [-0.39, 0.29) is 0 Å². The highest BCUT2D eigenvalue weighted by Gasteiger charge is 2.42. The molecule has 2 fully saturated rings. The molecule has 2 heteroatoms. The molecule has 1 atom stereocenters. The number of aryl methyl sites for hydroxylation is 1. The fourth-order valence-electron chi connectivity index (χ4n) is 3.17. The van der Waals surface area contributed by atoms with Gasteiger partial charge in [-0.1, -0.05) is 29.8 Å². The van der Waals surface area contributed by atoms with E-state index in [1.807, 2.05) is 0 Å². The Hall–Kier alpha value is -0.860. The Morgan fingerprint density at radius 1 is 1.41 bits per heavy atom. The number of rotatable bonds is 3. The number of hydrogen-bond acceptors (Lipinski definition) is 2. The average molecular weight is 231 g/mol. The van der Waals surface area contributed by atoms with Crippen LogP contribution < -0.4 is 5.32 Å². The molecule has 0 amide bonds. The lowest BCUT2D eigenvalue weighted by Gasteiger charge is -2.43. The molecule has 0 bridgehead atoms. The zero-order valence-electron chi connectivity index (χ0n) is 10.5. The molecule has 0 aliphatic carbocycles. The lowest BCUT2D eigenvalue weighted by atomic mass is 9.72. The molecule has 1 N–H and O–H groups in total. The van der Waals surface area contributed by atoms with E-state index < -0.39 is 0 Å². The molecule has 1 aromatic carbocycles. The normalized spacial score (nSPS) is 26.8. The van der Waals surface area contributed by atoms with Crippen molar-refractivity contribution in [1.29, 1.82) is 0 Å². The van der Waals surface area contributed by atoms with Crippen LogP contribution in [0.1, 0.15) is 24.0 Å². The predicted molar refractivity (Wildman–Crippen MR) is 69.3 cm³/mol. The second-order valence-corrected chi connectivity index (χ2v) is 5.71. The molecular weight excluding hydrogens is 210 g/mol. The van der Waals surface area contributed by atoms with Crippen molar-refractivity contribution in [2.24, 2.45) is 5.92 Å². The predicted octanol–water partition coefficient (Wildman–Crippen LogP) is 2.26. The van der Waals surface area contributed by atoms with E-state index in [0.29, 0.717) is 5.41 Å². The molecule has 0 spiro atoms. The molecule has 2 saturated heterocycles. The van der Waals surface area contributed by atoms with E-state index in [2.05, 4.69) is 36.5 Å². The fourth-order valence-corrected chi connectivity index (χ4v) is 3.17. The van der Waals surface area contributed by atoms with Crippen molar-refractivity contribution in [3.05, 3.63) is 35.4 Å². The van der Waals surface area contributed by atoms with Crippen LogP contribution in [-0.4, -0.2) is 26.3 Å². The van der Waals surface area contributed by atoms with Gasteiger partial charge in [-0.2, -0.15) is 0 Å². The Balaban J connectivity index is 1.81. The molecule has 1 aromatic rings. The van der Waals surface area contributed by atoms with Crippen molar-refractivity contribution in [1.82, 2.24) is 5.32 Å². The molecule has 2 aliphatic rings. The first-order valence-corrected chi connectivity index (χ1v) is 6.64. The van der Waals surface area contributed by atoms with E-state index in [1.54, 1.807) is 0 Å². The van der Waals surface area contributed by atoms with Crippen molar-refractivity contribution in [2.75, 3.05) is 26.3 Å². The maximum atomic E-state index is 5.52. The van der Waals surface area contributed by atoms with Gasteiger partial charge in [0, 0.05) is 5.41 Å². The van der Waals surface area contributed by atoms with E-state index in [0.717, 1.165) is 19.1 Å². The van der Waals surface area contributed by atoms with Crippen LogP contribution in [0.2, 0.25) is 0 Å². The summed E-state index contributed by atoms with van der Waals surface area (Å²) in [5.41, 5.74) is 3.15. The number of nitrogens with one attached hydrogen (secondary N) is 1. The minimum absolute atomic E-state index is 0.308. The zero-order valence-corrected chi connectivity index (χ0v) is 10.5. The van der Waals surface area contributed by atoms with E-state index in [1.165, 1.54) is 37.1 Å². The second kappa shape index (κ2) is 4.43. The number of benzene rings is 1. The Kier molecular flexibility index (Phi) is 2.93. The first kappa shape index (κ1) is 11.2. The monoisotopic (exact) mass is 231 g/mol. The van der Waals surface area contributed by atoms with Crippen LogP contribution in [0.5, 0.6) is 0 Å². The first-order chi connectivity index (χ1) is 8.28. The van der Waals surface area contributed by atoms with Crippen molar-refractivity contribution < 1.29 is 4.74 Å². The van der Waals surface area contributed by atoms with Gasteiger partial charge >= 0.3 is 0 Å². The van der Waals surface area contributed by atoms with Gasteiger partial charge in [0.1, 0.15) is 0 Å². The largest absolute Gasteiger partial charge is 0.379 e. The summed E-state index contributed by atoms with van der Waals surface area (Å²) in [7, 11) is 0.